The Kier molecular flexibility index (Phi) is 4.65. The summed E-state index contributed by atoms with van der Waals surface area (Å²) in [6.45, 7) is 5.63. The van der Waals surface area contributed by atoms with Crippen LogP contribution in [0.5, 0.6) is 0 Å². The number of rotatable bonds is 4. The molecule has 2 rings (SSSR count). The molecular weight excluding hydrogens is 254 g/mol. The molecule has 0 radical (unpaired) electrons. The highest BCUT2D eigenvalue weighted by Crippen LogP contribution is 2.34. The number of aliphatic hydroxyl groups excluding tert-OH is 1. The summed E-state index contributed by atoms with van der Waals surface area (Å²) in [5, 5.41) is 9.49. The van der Waals surface area contributed by atoms with Crippen molar-refractivity contribution in [3.8, 4) is 0 Å². The van der Waals surface area contributed by atoms with Gasteiger partial charge in [-0.1, -0.05) is 6.92 Å². The molecule has 0 bridgehead atoms. The van der Waals surface area contributed by atoms with Gasteiger partial charge in [-0.15, -0.1) is 0 Å². The van der Waals surface area contributed by atoms with Crippen molar-refractivity contribution in [2.75, 3.05) is 19.7 Å². The summed E-state index contributed by atoms with van der Waals surface area (Å²) in [7, 11) is 0. The van der Waals surface area contributed by atoms with E-state index in [-0.39, 0.29) is 17.9 Å². The van der Waals surface area contributed by atoms with Crippen molar-refractivity contribution in [3.05, 3.63) is 29.7 Å². The fourth-order valence-electron chi connectivity index (χ4n) is 2.63. The molecule has 0 spiro atoms. The Hall–Kier alpha value is -1.55. The van der Waals surface area contributed by atoms with Crippen LogP contribution in [0.15, 0.2) is 22.6 Å². The molecule has 1 N–H and O–H groups in total. The number of hydrogen-bond acceptors (Lipinski definition) is 3. The van der Waals surface area contributed by atoms with E-state index >= 15 is 0 Å². The van der Waals surface area contributed by atoms with Gasteiger partial charge in [0.2, 0.25) is 5.91 Å². The third-order valence-corrected chi connectivity index (χ3v) is 4.37. The Balaban J connectivity index is 1.90. The zero-order chi connectivity index (χ0) is 14.6. The molecule has 4 nitrogen and oxygen atoms in total. The van der Waals surface area contributed by atoms with Crippen LogP contribution >= 0.6 is 0 Å². The maximum atomic E-state index is 12.1. The molecule has 20 heavy (non-hydrogen) atoms. The average Bonchev–Trinajstić information content (AvgIpc) is 2.90. The van der Waals surface area contributed by atoms with Gasteiger partial charge in [0.15, 0.2) is 0 Å². The van der Waals surface area contributed by atoms with Crippen LogP contribution in [0.2, 0.25) is 0 Å². The van der Waals surface area contributed by atoms with Crippen LogP contribution < -0.4 is 0 Å². The van der Waals surface area contributed by atoms with Gasteiger partial charge < -0.3 is 14.4 Å². The van der Waals surface area contributed by atoms with Gasteiger partial charge in [0.05, 0.1) is 0 Å². The molecule has 1 saturated heterocycles. The Morgan fingerprint density at radius 1 is 1.45 bits per heavy atom. The molecule has 1 aromatic heterocycles. The monoisotopic (exact) mass is 277 g/mol. The Morgan fingerprint density at radius 3 is 2.65 bits per heavy atom. The van der Waals surface area contributed by atoms with E-state index in [2.05, 4.69) is 6.92 Å². The molecule has 4 heteroatoms. The highest BCUT2D eigenvalue weighted by molar-refractivity contribution is 5.91. The largest absolute Gasteiger partial charge is 0.462 e. The van der Waals surface area contributed by atoms with E-state index in [4.69, 9.17) is 4.42 Å². The Morgan fingerprint density at radius 2 is 2.15 bits per heavy atom. The second-order valence-electron chi connectivity index (χ2n) is 5.62. The van der Waals surface area contributed by atoms with Gasteiger partial charge in [-0.25, -0.2) is 0 Å². The zero-order valence-corrected chi connectivity index (χ0v) is 12.3. The fourth-order valence-corrected chi connectivity index (χ4v) is 2.63. The minimum atomic E-state index is 0.0125. The van der Waals surface area contributed by atoms with Crippen LogP contribution in [0.25, 0.3) is 6.08 Å². The topological polar surface area (TPSA) is 53.7 Å². The summed E-state index contributed by atoms with van der Waals surface area (Å²) in [4.78, 5) is 13.9. The molecule has 1 fully saturated rings. The highest BCUT2D eigenvalue weighted by atomic mass is 16.3. The molecular formula is C16H23NO3. The van der Waals surface area contributed by atoms with Crippen molar-refractivity contribution in [2.45, 2.75) is 33.1 Å². The molecule has 0 aliphatic carbocycles. The normalized spacial score (nSPS) is 18.6. The van der Waals surface area contributed by atoms with Crippen LogP contribution in [0.3, 0.4) is 0 Å². The second kappa shape index (κ2) is 6.27. The Labute approximate surface area is 120 Å². The number of aryl methyl sites for hydroxylation is 1. The summed E-state index contributed by atoms with van der Waals surface area (Å²) in [5.74, 6) is 1.55. The molecule has 0 atom stereocenters. The van der Waals surface area contributed by atoms with Gasteiger partial charge in [0.1, 0.15) is 11.5 Å². The molecule has 1 aromatic rings. The number of furan rings is 1. The molecule has 0 saturated carbocycles. The van der Waals surface area contributed by atoms with Gasteiger partial charge in [0, 0.05) is 25.8 Å². The van der Waals surface area contributed by atoms with Crippen LogP contribution in [0.4, 0.5) is 0 Å². The maximum Gasteiger partial charge on any atom is 0.246 e. The summed E-state index contributed by atoms with van der Waals surface area (Å²) < 4.78 is 5.40. The third-order valence-electron chi connectivity index (χ3n) is 4.37. The number of carbonyl (C=O) groups excluding carboxylic acids is 1. The number of amides is 1. The predicted octanol–water partition coefficient (Wildman–Crippen LogP) is 2.61. The van der Waals surface area contributed by atoms with Gasteiger partial charge in [-0.2, -0.15) is 0 Å². The number of piperidine rings is 1. The average molecular weight is 277 g/mol. The van der Waals surface area contributed by atoms with Crippen LogP contribution in [-0.2, 0) is 4.79 Å². The van der Waals surface area contributed by atoms with E-state index in [0.717, 1.165) is 38.1 Å². The minimum Gasteiger partial charge on any atom is -0.462 e. The molecule has 2 heterocycles. The third kappa shape index (κ3) is 3.31. The number of nitrogens with zero attached hydrogens (tertiary/aromatic N) is 1. The van der Waals surface area contributed by atoms with Crippen molar-refractivity contribution >= 4 is 12.0 Å². The van der Waals surface area contributed by atoms with Crippen molar-refractivity contribution < 1.29 is 14.3 Å². The van der Waals surface area contributed by atoms with Crippen molar-refractivity contribution in [1.82, 2.24) is 4.90 Å². The molecule has 0 unspecified atom stereocenters. The molecule has 1 amide bonds. The maximum absolute atomic E-state index is 12.1. The van der Waals surface area contributed by atoms with Crippen molar-refractivity contribution in [3.63, 3.8) is 0 Å². The summed E-state index contributed by atoms with van der Waals surface area (Å²) in [6, 6.07) is 3.73. The summed E-state index contributed by atoms with van der Waals surface area (Å²) >= 11 is 0. The first kappa shape index (κ1) is 14.9. The minimum absolute atomic E-state index is 0.0125. The van der Waals surface area contributed by atoms with E-state index < -0.39 is 0 Å². The quantitative estimate of drug-likeness (QED) is 0.861. The second-order valence-corrected chi connectivity index (χ2v) is 5.62. The number of likely N-dealkylation sites (tertiary alicyclic amines) is 1. The first-order valence-corrected chi connectivity index (χ1v) is 7.23. The van der Waals surface area contributed by atoms with E-state index in [9.17, 15) is 9.90 Å². The van der Waals surface area contributed by atoms with E-state index in [0.29, 0.717) is 5.76 Å². The Bertz CT molecular complexity index is 476. The van der Waals surface area contributed by atoms with Gasteiger partial charge in [-0.05, 0) is 49.8 Å². The summed E-state index contributed by atoms with van der Waals surface area (Å²) in [5.41, 5.74) is 0.0125. The lowest BCUT2D eigenvalue weighted by atomic mass is 9.77. The smallest absolute Gasteiger partial charge is 0.246 e. The van der Waals surface area contributed by atoms with E-state index in [1.54, 1.807) is 12.2 Å². The van der Waals surface area contributed by atoms with Crippen LogP contribution in [0, 0.1) is 12.3 Å². The van der Waals surface area contributed by atoms with E-state index in [1.165, 1.54) is 0 Å². The van der Waals surface area contributed by atoms with Gasteiger partial charge in [-0.3, -0.25) is 4.79 Å². The van der Waals surface area contributed by atoms with Crippen molar-refractivity contribution in [1.29, 1.82) is 0 Å². The van der Waals surface area contributed by atoms with E-state index in [1.807, 2.05) is 24.0 Å². The zero-order valence-electron chi connectivity index (χ0n) is 12.3. The molecule has 110 valence electrons. The summed E-state index contributed by atoms with van der Waals surface area (Å²) in [6.07, 6.45) is 5.99. The predicted molar refractivity (Wildman–Crippen MR) is 78.1 cm³/mol. The van der Waals surface area contributed by atoms with Gasteiger partial charge in [0.25, 0.3) is 0 Å². The van der Waals surface area contributed by atoms with Crippen molar-refractivity contribution in [2.24, 2.45) is 5.41 Å². The lowest BCUT2D eigenvalue weighted by Gasteiger charge is -2.39. The fraction of sp³-hybridized carbons (Fsp3) is 0.562. The standard InChI is InChI=1S/C16H23NO3/c1-3-16(12-18)8-10-17(11-9-16)15(19)7-6-14-5-4-13(2)20-14/h4-7,18H,3,8-12H2,1-2H3/b7-6+. The first-order valence-electron chi connectivity index (χ1n) is 7.23. The molecule has 1 aliphatic rings. The number of hydrogen-bond donors (Lipinski definition) is 1. The lowest BCUT2D eigenvalue weighted by Crippen LogP contribution is -2.43. The highest BCUT2D eigenvalue weighted by Gasteiger charge is 2.33. The van der Waals surface area contributed by atoms with Gasteiger partial charge >= 0.3 is 0 Å². The lowest BCUT2D eigenvalue weighted by molar-refractivity contribution is -0.128. The SMILES string of the molecule is CCC1(CO)CCN(C(=O)/C=C/c2ccc(C)o2)CC1. The number of carbonyl (C=O) groups is 1. The molecule has 1 aliphatic heterocycles. The van der Waals surface area contributed by atoms with Crippen LogP contribution in [0.1, 0.15) is 37.7 Å². The molecule has 0 aromatic carbocycles. The number of aliphatic hydroxyl groups is 1. The first-order chi connectivity index (χ1) is 9.58. The van der Waals surface area contributed by atoms with Crippen LogP contribution in [-0.4, -0.2) is 35.6 Å².